The van der Waals surface area contributed by atoms with Crippen molar-refractivity contribution < 1.29 is 9.53 Å². The fourth-order valence-corrected chi connectivity index (χ4v) is 2.16. The molecule has 0 heterocycles. The van der Waals surface area contributed by atoms with Crippen LogP contribution in [0.5, 0.6) is 0 Å². The summed E-state index contributed by atoms with van der Waals surface area (Å²) in [5.41, 5.74) is 2.15. The molecule has 0 saturated heterocycles. The van der Waals surface area contributed by atoms with Gasteiger partial charge < -0.3 is 15.4 Å². The summed E-state index contributed by atoms with van der Waals surface area (Å²) >= 11 is 0. The summed E-state index contributed by atoms with van der Waals surface area (Å²) in [6.07, 6.45) is 0.582. The van der Waals surface area contributed by atoms with Crippen LogP contribution in [0.4, 0.5) is 4.79 Å². The highest BCUT2D eigenvalue weighted by Crippen LogP contribution is 2.14. The first-order valence-electron chi connectivity index (χ1n) is 8.50. The maximum absolute atomic E-state index is 11.7. The third-order valence-electron chi connectivity index (χ3n) is 3.63. The number of alkyl carbamates (subject to hydrolysis) is 1. The van der Waals surface area contributed by atoms with Crippen molar-refractivity contribution in [1.82, 2.24) is 10.6 Å². The lowest BCUT2D eigenvalue weighted by molar-refractivity contribution is 0.0522. The first-order chi connectivity index (χ1) is 10.7. The molecule has 0 fully saturated rings. The fourth-order valence-electron chi connectivity index (χ4n) is 2.16. The second-order valence-electron chi connectivity index (χ2n) is 7.27. The Balaban J connectivity index is 2.40. The summed E-state index contributed by atoms with van der Waals surface area (Å²) in [6, 6.07) is 8.92. The third kappa shape index (κ3) is 8.03. The first kappa shape index (κ1) is 19.5. The van der Waals surface area contributed by atoms with Crippen LogP contribution < -0.4 is 10.6 Å². The number of carbonyl (C=O) groups is 1. The quantitative estimate of drug-likeness (QED) is 0.791. The molecule has 0 aromatic heterocycles. The van der Waals surface area contributed by atoms with E-state index >= 15 is 0 Å². The van der Waals surface area contributed by atoms with Crippen LogP contribution in [-0.4, -0.2) is 24.3 Å². The molecule has 4 nitrogen and oxygen atoms in total. The van der Waals surface area contributed by atoms with Gasteiger partial charge in [-0.1, -0.05) is 45.0 Å². The molecule has 1 amide bonds. The number of ether oxygens (including phenoxy) is 1. The van der Waals surface area contributed by atoms with Gasteiger partial charge in [0.15, 0.2) is 0 Å². The predicted molar refractivity (Wildman–Crippen MR) is 95.7 cm³/mol. The van der Waals surface area contributed by atoms with Crippen molar-refractivity contribution in [2.24, 2.45) is 0 Å². The number of hydrogen-bond acceptors (Lipinski definition) is 3. The van der Waals surface area contributed by atoms with Gasteiger partial charge in [-0.15, -0.1) is 0 Å². The highest BCUT2D eigenvalue weighted by Gasteiger charge is 2.16. The maximum atomic E-state index is 11.7. The molecule has 0 radical (unpaired) electrons. The van der Waals surface area contributed by atoms with E-state index in [-0.39, 0.29) is 12.1 Å². The van der Waals surface area contributed by atoms with Crippen molar-refractivity contribution in [3.05, 3.63) is 35.4 Å². The van der Waals surface area contributed by atoms with E-state index in [2.05, 4.69) is 55.7 Å². The number of hydrogen-bond donors (Lipinski definition) is 2. The molecule has 1 unspecified atom stereocenters. The van der Waals surface area contributed by atoms with Gasteiger partial charge in [-0.2, -0.15) is 0 Å². The Labute approximate surface area is 141 Å². The largest absolute Gasteiger partial charge is 0.444 e. The SMILES string of the molecule is CCC(CNC(=O)OC(C)(C)C)NCc1ccc(C(C)C)cc1. The highest BCUT2D eigenvalue weighted by molar-refractivity contribution is 5.67. The average molecular weight is 320 g/mol. The van der Waals surface area contributed by atoms with E-state index < -0.39 is 5.60 Å². The van der Waals surface area contributed by atoms with Gasteiger partial charge in [-0.05, 0) is 44.2 Å². The van der Waals surface area contributed by atoms with E-state index in [1.807, 2.05) is 20.8 Å². The Morgan fingerprint density at radius 3 is 2.26 bits per heavy atom. The Morgan fingerprint density at radius 2 is 1.78 bits per heavy atom. The molecule has 0 aliphatic rings. The Morgan fingerprint density at radius 1 is 1.17 bits per heavy atom. The van der Waals surface area contributed by atoms with Crippen LogP contribution in [0.2, 0.25) is 0 Å². The van der Waals surface area contributed by atoms with Gasteiger partial charge in [-0.3, -0.25) is 0 Å². The molecule has 0 bridgehead atoms. The molecule has 23 heavy (non-hydrogen) atoms. The van der Waals surface area contributed by atoms with E-state index in [1.54, 1.807) is 0 Å². The predicted octanol–water partition coefficient (Wildman–Crippen LogP) is 4.20. The Bertz CT molecular complexity index is 475. The second-order valence-corrected chi connectivity index (χ2v) is 7.27. The molecular weight excluding hydrogens is 288 g/mol. The van der Waals surface area contributed by atoms with Crippen LogP contribution >= 0.6 is 0 Å². The summed E-state index contributed by atoms with van der Waals surface area (Å²) < 4.78 is 5.25. The average Bonchev–Trinajstić information content (AvgIpc) is 2.46. The number of nitrogens with one attached hydrogen (secondary N) is 2. The smallest absolute Gasteiger partial charge is 0.407 e. The third-order valence-corrected chi connectivity index (χ3v) is 3.63. The topological polar surface area (TPSA) is 50.4 Å². The lowest BCUT2D eigenvalue weighted by Crippen LogP contribution is -2.42. The normalized spacial score (nSPS) is 13.0. The van der Waals surface area contributed by atoms with Gasteiger partial charge in [0.2, 0.25) is 0 Å². The fraction of sp³-hybridized carbons (Fsp3) is 0.632. The summed E-state index contributed by atoms with van der Waals surface area (Å²) in [4.78, 5) is 11.7. The molecule has 130 valence electrons. The minimum Gasteiger partial charge on any atom is -0.444 e. The van der Waals surface area contributed by atoms with Crippen molar-refractivity contribution in [1.29, 1.82) is 0 Å². The van der Waals surface area contributed by atoms with E-state index in [9.17, 15) is 4.79 Å². The van der Waals surface area contributed by atoms with Gasteiger partial charge in [0.1, 0.15) is 5.60 Å². The second kappa shape index (κ2) is 8.92. The van der Waals surface area contributed by atoms with E-state index in [0.717, 1.165) is 13.0 Å². The molecule has 0 spiro atoms. The monoisotopic (exact) mass is 320 g/mol. The zero-order chi connectivity index (χ0) is 17.5. The van der Waals surface area contributed by atoms with Gasteiger partial charge in [0.25, 0.3) is 0 Å². The Hall–Kier alpha value is -1.55. The van der Waals surface area contributed by atoms with Crippen LogP contribution in [0.3, 0.4) is 0 Å². The van der Waals surface area contributed by atoms with Gasteiger partial charge in [0, 0.05) is 19.1 Å². The summed E-state index contributed by atoms with van der Waals surface area (Å²) in [6.45, 7) is 13.5. The van der Waals surface area contributed by atoms with Crippen molar-refractivity contribution in [2.75, 3.05) is 6.54 Å². The van der Waals surface area contributed by atoms with Crippen molar-refractivity contribution in [2.45, 2.75) is 72.1 Å². The maximum Gasteiger partial charge on any atom is 0.407 e. The molecule has 4 heteroatoms. The molecule has 0 aliphatic heterocycles. The molecular formula is C19H32N2O2. The minimum atomic E-state index is -0.461. The van der Waals surface area contributed by atoms with Crippen LogP contribution in [0.15, 0.2) is 24.3 Å². The summed E-state index contributed by atoms with van der Waals surface area (Å²) in [5.74, 6) is 0.554. The molecule has 0 aliphatic carbocycles. The van der Waals surface area contributed by atoms with Crippen LogP contribution in [0, 0.1) is 0 Å². The zero-order valence-electron chi connectivity index (χ0n) is 15.4. The molecule has 1 rings (SSSR count). The number of carbonyl (C=O) groups excluding carboxylic acids is 1. The summed E-state index contributed by atoms with van der Waals surface area (Å²) in [5, 5.41) is 6.31. The van der Waals surface area contributed by atoms with Gasteiger partial charge in [-0.25, -0.2) is 4.79 Å². The number of benzene rings is 1. The van der Waals surface area contributed by atoms with E-state index in [4.69, 9.17) is 4.74 Å². The van der Waals surface area contributed by atoms with Crippen molar-refractivity contribution in [3.63, 3.8) is 0 Å². The first-order valence-corrected chi connectivity index (χ1v) is 8.50. The summed E-state index contributed by atoms with van der Waals surface area (Å²) in [7, 11) is 0. The molecule has 1 aromatic carbocycles. The van der Waals surface area contributed by atoms with E-state index in [1.165, 1.54) is 11.1 Å². The molecule has 2 N–H and O–H groups in total. The Kier molecular flexibility index (Phi) is 7.56. The van der Waals surface area contributed by atoms with Crippen molar-refractivity contribution in [3.8, 4) is 0 Å². The van der Waals surface area contributed by atoms with Gasteiger partial charge in [0.05, 0.1) is 0 Å². The van der Waals surface area contributed by atoms with Crippen LogP contribution in [0.1, 0.15) is 65.0 Å². The number of amides is 1. The number of rotatable bonds is 7. The molecule has 1 aromatic rings. The highest BCUT2D eigenvalue weighted by atomic mass is 16.6. The van der Waals surface area contributed by atoms with Crippen LogP contribution in [0.25, 0.3) is 0 Å². The lowest BCUT2D eigenvalue weighted by Gasteiger charge is -2.22. The minimum absolute atomic E-state index is 0.229. The van der Waals surface area contributed by atoms with Crippen LogP contribution in [-0.2, 0) is 11.3 Å². The van der Waals surface area contributed by atoms with Gasteiger partial charge >= 0.3 is 6.09 Å². The van der Waals surface area contributed by atoms with E-state index in [0.29, 0.717) is 12.5 Å². The lowest BCUT2D eigenvalue weighted by atomic mass is 10.0. The molecule has 1 atom stereocenters. The molecule has 0 saturated carbocycles. The van der Waals surface area contributed by atoms with Crippen molar-refractivity contribution >= 4 is 6.09 Å². The standard InChI is InChI=1S/C19H32N2O2/c1-7-17(13-21-18(22)23-19(4,5)6)20-12-15-8-10-16(11-9-15)14(2)3/h8-11,14,17,20H,7,12-13H2,1-6H3,(H,21,22). The zero-order valence-corrected chi connectivity index (χ0v) is 15.4.